The summed E-state index contributed by atoms with van der Waals surface area (Å²) in [6, 6.07) is 7.45. The van der Waals surface area contributed by atoms with Crippen LogP contribution in [0.5, 0.6) is 0 Å². The van der Waals surface area contributed by atoms with Crippen LogP contribution in [0.15, 0.2) is 55.6 Å². The highest BCUT2D eigenvalue weighted by molar-refractivity contribution is 5.99. The summed E-state index contributed by atoms with van der Waals surface area (Å²) in [4.78, 5) is 48.0. The summed E-state index contributed by atoms with van der Waals surface area (Å²) in [5, 5.41) is 10.7. The number of fused-ring (bicyclic) bond motifs is 1. The quantitative estimate of drug-likeness (QED) is 0.489. The normalized spacial score (nSPS) is 32.1. The van der Waals surface area contributed by atoms with Crippen LogP contribution < -0.4 is 0 Å². The first kappa shape index (κ1) is 29.0. The van der Waals surface area contributed by atoms with Crippen molar-refractivity contribution in [2.24, 2.45) is 17.8 Å². The highest BCUT2D eigenvalue weighted by Gasteiger charge is 2.80. The molecule has 3 aliphatic rings. The summed E-state index contributed by atoms with van der Waals surface area (Å²) in [5.74, 6) is -2.49. The van der Waals surface area contributed by atoms with Gasteiger partial charge < -0.3 is 24.5 Å². The predicted molar refractivity (Wildman–Crippen MR) is 149 cm³/mol. The Morgan fingerprint density at radius 3 is 2.33 bits per heavy atom. The van der Waals surface area contributed by atoms with Crippen molar-refractivity contribution in [3.05, 3.63) is 61.2 Å². The maximum atomic E-state index is 14.7. The van der Waals surface area contributed by atoms with Crippen molar-refractivity contribution < 1.29 is 24.2 Å². The summed E-state index contributed by atoms with van der Waals surface area (Å²) in [6.45, 7) is 17.6. The molecule has 8 heteroatoms. The second-order valence-electron chi connectivity index (χ2n) is 12.5. The Hall–Kier alpha value is -2.97. The molecule has 8 nitrogen and oxygen atoms in total. The fourth-order valence-corrected chi connectivity index (χ4v) is 7.19. The molecule has 212 valence electrons. The highest BCUT2D eigenvalue weighted by Crippen LogP contribution is 2.66. The van der Waals surface area contributed by atoms with E-state index in [0.29, 0.717) is 18.5 Å². The molecule has 1 spiro atoms. The van der Waals surface area contributed by atoms with Gasteiger partial charge in [0.1, 0.15) is 11.6 Å². The molecular formula is C31H43N3O5. The molecule has 7 atom stereocenters. The van der Waals surface area contributed by atoms with Crippen molar-refractivity contribution in [3.63, 3.8) is 0 Å². The third-order valence-corrected chi connectivity index (χ3v) is 9.11. The molecule has 3 saturated heterocycles. The maximum absolute atomic E-state index is 14.7. The van der Waals surface area contributed by atoms with E-state index in [2.05, 4.69) is 13.2 Å². The SMILES string of the molecule is C=CCN(C)C(=O)[C@@H]1[C@H]2C(=O)N([C@H](CO)c3ccccc3)C(C(=O)N(CC=C)C(C)(C)C)C23CC(C)[C@@]1(C)O3. The lowest BCUT2D eigenvalue weighted by atomic mass is 9.62. The molecule has 1 N–H and O–H groups in total. The molecule has 3 aliphatic heterocycles. The third-order valence-electron chi connectivity index (χ3n) is 9.11. The van der Waals surface area contributed by atoms with Gasteiger partial charge in [0.05, 0.1) is 30.1 Å². The maximum Gasteiger partial charge on any atom is 0.249 e. The van der Waals surface area contributed by atoms with Crippen LogP contribution in [0.2, 0.25) is 0 Å². The van der Waals surface area contributed by atoms with E-state index in [1.807, 2.05) is 65.0 Å². The van der Waals surface area contributed by atoms with E-state index in [1.165, 1.54) is 4.90 Å². The number of hydrogen-bond acceptors (Lipinski definition) is 5. The second kappa shape index (κ2) is 10.2. The average Bonchev–Trinajstić information content (AvgIpc) is 3.39. The van der Waals surface area contributed by atoms with Gasteiger partial charge in [-0.15, -0.1) is 13.2 Å². The van der Waals surface area contributed by atoms with Crippen LogP contribution in [0.25, 0.3) is 0 Å². The smallest absolute Gasteiger partial charge is 0.249 e. The van der Waals surface area contributed by atoms with Crippen LogP contribution in [0.4, 0.5) is 0 Å². The summed E-state index contributed by atoms with van der Waals surface area (Å²) in [6.07, 6.45) is 3.78. The number of aliphatic hydroxyl groups excluding tert-OH is 1. The summed E-state index contributed by atoms with van der Waals surface area (Å²) < 4.78 is 6.86. The van der Waals surface area contributed by atoms with Gasteiger partial charge in [0.15, 0.2) is 0 Å². The summed E-state index contributed by atoms with van der Waals surface area (Å²) in [5.41, 5.74) is -1.97. The summed E-state index contributed by atoms with van der Waals surface area (Å²) >= 11 is 0. The van der Waals surface area contributed by atoms with Crippen LogP contribution in [-0.4, -0.2) is 87.1 Å². The van der Waals surface area contributed by atoms with Crippen LogP contribution >= 0.6 is 0 Å². The van der Waals surface area contributed by atoms with Crippen molar-refractivity contribution in [1.82, 2.24) is 14.7 Å². The lowest BCUT2D eigenvalue weighted by molar-refractivity contribution is -0.159. The molecule has 3 amide bonds. The third kappa shape index (κ3) is 4.32. The van der Waals surface area contributed by atoms with E-state index < -0.39 is 40.7 Å². The van der Waals surface area contributed by atoms with Crippen LogP contribution in [0.3, 0.4) is 0 Å². The number of nitrogens with zero attached hydrogens (tertiary/aromatic N) is 3. The van der Waals surface area contributed by atoms with Gasteiger partial charge in [0.25, 0.3) is 0 Å². The number of rotatable bonds is 9. The Morgan fingerprint density at radius 1 is 1.18 bits per heavy atom. The van der Waals surface area contributed by atoms with Gasteiger partial charge in [-0.25, -0.2) is 0 Å². The number of benzene rings is 1. The van der Waals surface area contributed by atoms with Crippen molar-refractivity contribution in [2.45, 2.75) is 69.9 Å². The predicted octanol–water partition coefficient (Wildman–Crippen LogP) is 3.19. The Morgan fingerprint density at radius 2 is 1.79 bits per heavy atom. The van der Waals surface area contributed by atoms with E-state index in [4.69, 9.17) is 4.74 Å². The lowest BCUT2D eigenvalue weighted by Crippen LogP contribution is -2.60. The molecule has 0 radical (unpaired) electrons. The number of likely N-dealkylation sites (N-methyl/N-ethyl adjacent to an activating group) is 1. The molecule has 1 aromatic carbocycles. The molecule has 39 heavy (non-hydrogen) atoms. The zero-order valence-electron chi connectivity index (χ0n) is 24.1. The van der Waals surface area contributed by atoms with Crippen molar-refractivity contribution in [3.8, 4) is 0 Å². The molecule has 0 saturated carbocycles. The first-order chi connectivity index (χ1) is 18.3. The summed E-state index contributed by atoms with van der Waals surface area (Å²) in [7, 11) is 1.70. The largest absolute Gasteiger partial charge is 0.394 e. The molecule has 3 heterocycles. The van der Waals surface area contributed by atoms with E-state index in [0.717, 1.165) is 0 Å². The average molecular weight is 538 g/mol. The first-order valence-electron chi connectivity index (χ1n) is 13.8. The van der Waals surface area contributed by atoms with Gasteiger partial charge in [0, 0.05) is 25.7 Å². The zero-order valence-corrected chi connectivity index (χ0v) is 24.1. The second-order valence-corrected chi connectivity index (χ2v) is 12.5. The fourth-order valence-electron chi connectivity index (χ4n) is 7.19. The number of likely N-dealkylation sites (tertiary alicyclic amines) is 1. The molecule has 1 aromatic rings. The number of amides is 3. The molecule has 0 aliphatic carbocycles. The monoisotopic (exact) mass is 537 g/mol. The van der Waals surface area contributed by atoms with E-state index in [-0.39, 0.29) is 36.8 Å². The van der Waals surface area contributed by atoms with Gasteiger partial charge in [0.2, 0.25) is 17.7 Å². The highest BCUT2D eigenvalue weighted by atomic mass is 16.5. The number of aliphatic hydroxyl groups is 1. The van der Waals surface area contributed by atoms with Gasteiger partial charge >= 0.3 is 0 Å². The minimum atomic E-state index is -1.20. The van der Waals surface area contributed by atoms with E-state index in [1.54, 1.807) is 29.0 Å². The first-order valence-corrected chi connectivity index (χ1v) is 13.8. The minimum Gasteiger partial charge on any atom is -0.394 e. The lowest BCUT2D eigenvalue weighted by Gasteiger charge is -2.43. The van der Waals surface area contributed by atoms with Gasteiger partial charge in [-0.1, -0.05) is 49.4 Å². The topological polar surface area (TPSA) is 90.4 Å². The van der Waals surface area contributed by atoms with Gasteiger partial charge in [-0.2, -0.15) is 0 Å². The van der Waals surface area contributed by atoms with Crippen molar-refractivity contribution in [2.75, 3.05) is 26.7 Å². The Labute approximate surface area is 232 Å². The van der Waals surface area contributed by atoms with Crippen LogP contribution in [-0.2, 0) is 19.1 Å². The number of carbonyl (C=O) groups is 3. The Kier molecular flexibility index (Phi) is 7.60. The molecule has 3 unspecified atom stereocenters. The molecule has 0 aromatic heterocycles. The van der Waals surface area contributed by atoms with E-state index >= 15 is 0 Å². The van der Waals surface area contributed by atoms with Crippen molar-refractivity contribution in [1.29, 1.82) is 0 Å². The number of ether oxygens (including phenoxy) is 1. The van der Waals surface area contributed by atoms with Crippen LogP contribution in [0, 0.1) is 17.8 Å². The minimum absolute atomic E-state index is 0.0744. The molecule has 4 rings (SSSR count). The Bertz CT molecular complexity index is 1150. The molecule has 2 bridgehead atoms. The number of hydrogen-bond donors (Lipinski definition) is 1. The zero-order chi connectivity index (χ0) is 28.9. The van der Waals surface area contributed by atoms with E-state index in [9.17, 15) is 19.5 Å². The standard InChI is InChI=1S/C31H43N3O5/c1-9-16-32(8)26(36)23-24-27(37)34(22(19-35)21-14-12-11-13-15-21)25(28(38)33(17-10-2)29(4,5)6)31(24)18-20(3)30(23,7)39-31/h9-15,20,22-25,35H,1-2,16-19H2,3-8H3/t20?,22-,23+,24+,25?,30-,31?/m1/s1. The van der Waals surface area contributed by atoms with Crippen molar-refractivity contribution >= 4 is 17.7 Å². The fraction of sp³-hybridized carbons (Fsp3) is 0.581. The Balaban J connectivity index is 1.93. The molecular weight excluding hydrogens is 494 g/mol. The van der Waals surface area contributed by atoms with Gasteiger partial charge in [-0.05, 0) is 45.6 Å². The van der Waals surface area contributed by atoms with Gasteiger partial charge in [-0.3, -0.25) is 14.4 Å². The molecule has 3 fully saturated rings. The number of carbonyl (C=O) groups excluding carboxylic acids is 3. The van der Waals surface area contributed by atoms with Crippen LogP contribution in [0.1, 0.15) is 52.6 Å².